The Morgan fingerprint density at radius 1 is 1.41 bits per heavy atom. The highest BCUT2D eigenvalue weighted by Gasteiger charge is 2.36. The highest BCUT2D eigenvalue weighted by atomic mass is 16.5. The van der Waals surface area contributed by atoms with Gasteiger partial charge in [-0.25, -0.2) is 4.79 Å². The van der Waals surface area contributed by atoms with E-state index in [-0.39, 0.29) is 0 Å². The fourth-order valence-corrected chi connectivity index (χ4v) is 2.65. The minimum absolute atomic E-state index is 0.398. The van der Waals surface area contributed by atoms with Crippen LogP contribution in [0.2, 0.25) is 0 Å². The van der Waals surface area contributed by atoms with Crippen molar-refractivity contribution in [3.05, 3.63) is 0 Å². The summed E-state index contributed by atoms with van der Waals surface area (Å²) in [7, 11) is 0. The number of ether oxygens (including phenoxy) is 1. The van der Waals surface area contributed by atoms with Gasteiger partial charge in [0.2, 0.25) is 0 Å². The number of carbonyl (C=O) groups is 1. The zero-order valence-corrected chi connectivity index (χ0v) is 11.2. The van der Waals surface area contributed by atoms with Crippen LogP contribution in [-0.4, -0.2) is 48.3 Å². The third-order valence-electron chi connectivity index (χ3n) is 4.08. The smallest absolute Gasteiger partial charge is 0.334 e. The van der Waals surface area contributed by atoms with E-state index in [9.17, 15) is 4.79 Å². The van der Waals surface area contributed by atoms with Crippen LogP contribution in [0.5, 0.6) is 0 Å². The molecule has 1 fully saturated rings. The van der Waals surface area contributed by atoms with Gasteiger partial charge in [0.05, 0.1) is 0 Å². The summed E-state index contributed by atoms with van der Waals surface area (Å²) >= 11 is 0. The lowest BCUT2D eigenvalue weighted by Crippen LogP contribution is -2.38. The molecule has 1 aliphatic rings. The van der Waals surface area contributed by atoms with Crippen LogP contribution in [-0.2, 0) is 9.53 Å². The van der Waals surface area contributed by atoms with Gasteiger partial charge in [-0.3, -0.25) is 4.90 Å². The van der Waals surface area contributed by atoms with Crippen molar-refractivity contribution in [2.24, 2.45) is 5.41 Å². The molecule has 1 saturated heterocycles. The number of rotatable bonds is 7. The van der Waals surface area contributed by atoms with Crippen molar-refractivity contribution >= 4 is 5.97 Å². The van der Waals surface area contributed by atoms with E-state index in [0.29, 0.717) is 18.6 Å². The van der Waals surface area contributed by atoms with E-state index < -0.39 is 12.1 Å². The highest BCUT2D eigenvalue weighted by molar-refractivity contribution is 5.72. The molecule has 0 aromatic rings. The molecule has 100 valence electrons. The minimum Gasteiger partial charge on any atom is -0.479 e. The quantitative estimate of drug-likeness (QED) is 0.743. The molecule has 0 bridgehead atoms. The third-order valence-corrected chi connectivity index (χ3v) is 4.08. The summed E-state index contributed by atoms with van der Waals surface area (Å²) < 4.78 is 5.26. The fraction of sp³-hybridized carbons (Fsp3) is 0.923. The summed E-state index contributed by atoms with van der Waals surface area (Å²) in [4.78, 5) is 13.3. The van der Waals surface area contributed by atoms with E-state index >= 15 is 0 Å². The molecule has 0 aromatic carbocycles. The second-order valence-electron chi connectivity index (χ2n) is 4.97. The first-order chi connectivity index (χ1) is 8.06. The van der Waals surface area contributed by atoms with Gasteiger partial charge >= 0.3 is 5.97 Å². The number of carboxylic acids is 1. The van der Waals surface area contributed by atoms with Crippen LogP contribution >= 0.6 is 0 Å². The minimum atomic E-state index is -0.850. The molecule has 1 rings (SSSR count). The molecule has 4 nitrogen and oxygen atoms in total. The Bertz CT molecular complexity index is 251. The van der Waals surface area contributed by atoms with Gasteiger partial charge in [0.1, 0.15) is 0 Å². The van der Waals surface area contributed by atoms with E-state index in [1.807, 2.05) is 6.92 Å². The summed E-state index contributed by atoms with van der Waals surface area (Å²) in [5, 5.41) is 9.06. The van der Waals surface area contributed by atoms with Crippen LogP contribution < -0.4 is 0 Å². The predicted molar refractivity (Wildman–Crippen MR) is 67.1 cm³/mol. The van der Waals surface area contributed by atoms with Crippen LogP contribution in [0.1, 0.15) is 40.0 Å². The molecule has 0 saturated carbocycles. The molecule has 0 radical (unpaired) electrons. The van der Waals surface area contributed by atoms with Gasteiger partial charge in [-0.05, 0) is 38.1 Å². The summed E-state index contributed by atoms with van der Waals surface area (Å²) in [6, 6.07) is 0. The van der Waals surface area contributed by atoms with Gasteiger partial charge in [0.15, 0.2) is 6.10 Å². The number of carboxylic acid groups (broad SMARTS) is 1. The average molecular weight is 243 g/mol. The number of hydrogen-bond acceptors (Lipinski definition) is 3. The normalized spacial score (nSPS) is 21.6. The lowest BCUT2D eigenvalue weighted by atomic mass is 9.82. The van der Waals surface area contributed by atoms with E-state index in [2.05, 4.69) is 18.7 Å². The second-order valence-corrected chi connectivity index (χ2v) is 4.97. The predicted octanol–water partition coefficient (Wildman–Crippen LogP) is 1.99. The summed E-state index contributed by atoms with van der Waals surface area (Å²) in [6.07, 6.45) is 2.85. The molecule has 1 heterocycles. The maximum absolute atomic E-state index is 11.0. The second kappa shape index (κ2) is 6.36. The molecule has 1 unspecified atom stereocenters. The molecule has 1 atom stereocenters. The molecule has 0 spiro atoms. The Morgan fingerprint density at radius 3 is 2.47 bits per heavy atom. The molecular weight excluding hydrogens is 218 g/mol. The van der Waals surface area contributed by atoms with Gasteiger partial charge in [-0.1, -0.05) is 13.8 Å². The van der Waals surface area contributed by atoms with Crippen molar-refractivity contribution in [1.82, 2.24) is 4.90 Å². The standard InChI is InChI=1S/C13H25NO3/c1-4-13(5-2)7-8-14(10-13)9-11(12(15)16)17-6-3/h11H,4-10H2,1-3H3,(H,15,16). The molecule has 17 heavy (non-hydrogen) atoms. The van der Waals surface area contributed by atoms with Crippen LogP contribution in [0.3, 0.4) is 0 Å². The maximum Gasteiger partial charge on any atom is 0.334 e. The van der Waals surface area contributed by atoms with E-state index in [1.165, 1.54) is 19.3 Å². The first kappa shape index (κ1) is 14.5. The van der Waals surface area contributed by atoms with Crippen LogP contribution in [0, 0.1) is 5.41 Å². The topological polar surface area (TPSA) is 49.8 Å². The molecule has 1 N–H and O–H groups in total. The summed E-state index contributed by atoms with van der Waals surface area (Å²) in [5.74, 6) is -0.850. The highest BCUT2D eigenvalue weighted by Crippen LogP contribution is 2.36. The van der Waals surface area contributed by atoms with Crippen molar-refractivity contribution in [1.29, 1.82) is 0 Å². The summed E-state index contributed by atoms with van der Waals surface area (Å²) in [5.41, 5.74) is 0.398. The lowest BCUT2D eigenvalue weighted by molar-refractivity contribution is -0.151. The first-order valence-corrected chi connectivity index (χ1v) is 6.63. The molecule has 0 aromatic heterocycles. The zero-order valence-electron chi connectivity index (χ0n) is 11.2. The lowest BCUT2D eigenvalue weighted by Gasteiger charge is -2.27. The average Bonchev–Trinajstić information content (AvgIpc) is 2.73. The fourth-order valence-electron chi connectivity index (χ4n) is 2.65. The van der Waals surface area contributed by atoms with Crippen molar-refractivity contribution in [2.45, 2.75) is 46.1 Å². The van der Waals surface area contributed by atoms with Crippen LogP contribution in [0.4, 0.5) is 0 Å². The first-order valence-electron chi connectivity index (χ1n) is 6.63. The van der Waals surface area contributed by atoms with Crippen molar-refractivity contribution in [3.63, 3.8) is 0 Å². The van der Waals surface area contributed by atoms with E-state index in [4.69, 9.17) is 9.84 Å². The third kappa shape index (κ3) is 3.68. The maximum atomic E-state index is 11.0. The van der Waals surface area contributed by atoms with Crippen molar-refractivity contribution < 1.29 is 14.6 Å². The Morgan fingerprint density at radius 2 is 2.06 bits per heavy atom. The number of hydrogen-bond donors (Lipinski definition) is 1. The number of nitrogens with zero attached hydrogens (tertiary/aromatic N) is 1. The van der Waals surface area contributed by atoms with Gasteiger partial charge < -0.3 is 9.84 Å². The SMILES string of the molecule is CCOC(CN1CCC(CC)(CC)C1)C(=O)O. The van der Waals surface area contributed by atoms with Crippen LogP contribution in [0.25, 0.3) is 0 Å². The molecule has 0 aliphatic carbocycles. The Labute approximate surface area is 104 Å². The van der Waals surface area contributed by atoms with Gasteiger partial charge in [0, 0.05) is 19.7 Å². The number of aliphatic carboxylic acids is 1. The Balaban J connectivity index is 2.50. The van der Waals surface area contributed by atoms with Gasteiger partial charge in [-0.2, -0.15) is 0 Å². The van der Waals surface area contributed by atoms with Crippen molar-refractivity contribution in [2.75, 3.05) is 26.2 Å². The molecule has 4 heteroatoms. The Kier molecular flexibility index (Phi) is 5.40. The molecule has 0 amide bonds. The molecular formula is C13H25NO3. The van der Waals surface area contributed by atoms with Gasteiger partial charge in [0.25, 0.3) is 0 Å². The van der Waals surface area contributed by atoms with E-state index in [0.717, 1.165) is 13.1 Å². The monoisotopic (exact) mass is 243 g/mol. The summed E-state index contributed by atoms with van der Waals surface area (Å²) in [6.45, 7) is 9.27. The van der Waals surface area contributed by atoms with Gasteiger partial charge in [-0.15, -0.1) is 0 Å². The number of likely N-dealkylation sites (tertiary alicyclic amines) is 1. The van der Waals surface area contributed by atoms with Crippen molar-refractivity contribution in [3.8, 4) is 0 Å². The Hall–Kier alpha value is -0.610. The van der Waals surface area contributed by atoms with E-state index in [1.54, 1.807) is 0 Å². The molecule has 1 aliphatic heterocycles. The van der Waals surface area contributed by atoms with Crippen LogP contribution in [0.15, 0.2) is 0 Å². The zero-order chi connectivity index (χ0) is 12.9. The largest absolute Gasteiger partial charge is 0.479 e.